The van der Waals surface area contributed by atoms with Crippen molar-refractivity contribution in [1.82, 2.24) is 14.9 Å². The highest BCUT2D eigenvalue weighted by Crippen LogP contribution is 2.18. The van der Waals surface area contributed by atoms with E-state index in [1.165, 1.54) is 12.8 Å². The van der Waals surface area contributed by atoms with Crippen molar-refractivity contribution in [3.8, 4) is 5.88 Å². The molecule has 2 saturated heterocycles. The zero-order chi connectivity index (χ0) is 13.8. The molecule has 0 radical (unpaired) electrons. The van der Waals surface area contributed by atoms with E-state index >= 15 is 0 Å². The van der Waals surface area contributed by atoms with Crippen LogP contribution in [0.4, 0.5) is 5.82 Å². The molecule has 0 N–H and O–H groups in total. The van der Waals surface area contributed by atoms with Gasteiger partial charge in [0.15, 0.2) is 0 Å². The number of rotatable bonds is 4. The van der Waals surface area contributed by atoms with Crippen molar-refractivity contribution in [2.45, 2.75) is 18.9 Å². The lowest BCUT2D eigenvalue weighted by molar-refractivity contribution is 0.0712. The first-order valence-electron chi connectivity index (χ1n) is 7.30. The maximum atomic E-state index is 5.71. The summed E-state index contributed by atoms with van der Waals surface area (Å²) in [7, 11) is 1.63. The fraction of sp³-hybridized carbons (Fsp3) is 0.714. The van der Waals surface area contributed by atoms with Crippen LogP contribution in [0.3, 0.4) is 0 Å². The van der Waals surface area contributed by atoms with Crippen molar-refractivity contribution in [3.05, 3.63) is 12.4 Å². The van der Waals surface area contributed by atoms with E-state index in [0.717, 1.165) is 45.1 Å². The first-order chi connectivity index (χ1) is 9.85. The predicted octanol–water partition coefficient (Wildman–Crippen LogP) is 0.786. The third-order valence-corrected chi connectivity index (χ3v) is 4.02. The summed E-state index contributed by atoms with van der Waals surface area (Å²) in [6, 6.07) is 1.90. The van der Waals surface area contributed by atoms with Crippen LogP contribution < -0.4 is 9.64 Å². The standard InChI is InChI=1S/C14H22N4O2/c1-19-14-9-13(15-11-16-14)18-6-4-17(5-7-18)10-12-3-2-8-20-12/h9,11-12H,2-8,10H2,1H3. The molecule has 0 spiro atoms. The number of methoxy groups -OCH3 is 1. The first-order valence-corrected chi connectivity index (χ1v) is 7.30. The molecule has 1 aromatic rings. The Labute approximate surface area is 119 Å². The lowest BCUT2D eigenvalue weighted by atomic mass is 10.2. The average molecular weight is 278 g/mol. The number of nitrogens with zero attached hydrogens (tertiary/aromatic N) is 4. The van der Waals surface area contributed by atoms with Gasteiger partial charge >= 0.3 is 0 Å². The molecule has 110 valence electrons. The van der Waals surface area contributed by atoms with Crippen LogP contribution in [0, 0.1) is 0 Å². The second kappa shape index (κ2) is 6.37. The molecule has 6 heteroatoms. The Balaban J connectivity index is 1.52. The zero-order valence-electron chi connectivity index (χ0n) is 12.0. The van der Waals surface area contributed by atoms with E-state index in [0.29, 0.717) is 12.0 Å². The summed E-state index contributed by atoms with van der Waals surface area (Å²) in [4.78, 5) is 13.2. The molecule has 3 heterocycles. The van der Waals surface area contributed by atoms with Crippen LogP contribution in [-0.4, -0.2) is 67.4 Å². The quantitative estimate of drug-likeness (QED) is 0.811. The van der Waals surface area contributed by atoms with Gasteiger partial charge in [0, 0.05) is 45.4 Å². The van der Waals surface area contributed by atoms with E-state index in [9.17, 15) is 0 Å². The minimum atomic E-state index is 0.445. The van der Waals surface area contributed by atoms with Crippen molar-refractivity contribution < 1.29 is 9.47 Å². The number of hydrogen-bond acceptors (Lipinski definition) is 6. The Morgan fingerprint density at radius 1 is 1.30 bits per heavy atom. The Morgan fingerprint density at radius 2 is 2.15 bits per heavy atom. The van der Waals surface area contributed by atoms with Crippen LogP contribution in [0.25, 0.3) is 0 Å². The summed E-state index contributed by atoms with van der Waals surface area (Å²) >= 11 is 0. The Morgan fingerprint density at radius 3 is 2.85 bits per heavy atom. The fourth-order valence-electron chi connectivity index (χ4n) is 2.85. The van der Waals surface area contributed by atoms with Gasteiger partial charge in [0.1, 0.15) is 12.1 Å². The predicted molar refractivity (Wildman–Crippen MR) is 76.2 cm³/mol. The van der Waals surface area contributed by atoms with Crippen LogP contribution >= 0.6 is 0 Å². The molecule has 0 aliphatic carbocycles. The summed E-state index contributed by atoms with van der Waals surface area (Å²) in [5.74, 6) is 1.57. The van der Waals surface area contributed by atoms with E-state index in [1.807, 2.05) is 6.07 Å². The second-order valence-electron chi connectivity index (χ2n) is 5.34. The van der Waals surface area contributed by atoms with Gasteiger partial charge < -0.3 is 14.4 Å². The van der Waals surface area contributed by atoms with Gasteiger partial charge in [-0.1, -0.05) is 0 Å². The lowest BCUT2D eigenvalue weighted by Crippen LogP contribution is -2.48. The van der Waals surface area contributed by atoms with Crippen LogP contribution in [0.5, 0.6) is 5.88 Å². The van der Waals surface area contributed by atoms with Crippen molar-refractivity contribution in [2.75, 3.05) is 51.3 Å². The van der Waals surface area contributed by atoms with Crippen molar-refractivity contribution in [3.63, 3.8) is 0 Å². The van der Waals surface area contributed by atoms with Crippen LogP contribution in [0.1, 0.15) is 12.8 Å². The Bertz CT molecular complexity index is 429. The van der Waals surface area contributed by atoms with E-state index in [2.05, 4.69) is 19.8 Å². The third-order valence-electron chi connectivity index (χ3n) is 4.02. The Hall–Kier alpha value is -1.40. The SMILES string of the molecule is COc1cc(N2CCN(CC3CCCO3)CC2)ncn1. The molecule has 0 aromatic carbocycles. The number of hydrogen-bond donors (Lipinski definition) is 0. The molecular weight excluding hydrogens is 256 g/mol. The summed E-state index contributed by atoms with van der Waals surface area (Å²) in [6.45, 7) is 6.12. The molecular formula is C14H22N4O2. The third kappa shape index (κ3) is 3.19. The lowest BCUT2D eigenvalue weighted by Gasteiger charge is -2.36. The van der Waals surface area contributed by atoms with Gasteiger partial charge in [-0.15, -0.1) is 0 Å². The second-order valence-corrected chi connectivity index (χ2v) is 5.34. The van der Waals surface area contributed by atoms with Gasteiger partial charge in [-0.3, -0.25) is 4.90 Å². The molecule has 0 amide bonds. The van der Waals surface area contributed by atoms with Gasteiger partial charge in [0.05, 0.1) is 13.2 Å². The molecule has 6 nitrogen and oxygen atoms in total. The smallest absolute Gasteiger partial charge is 0.218 e. The first kappa shape index (κ1) is 13.6. The van der Waals surface area contributed by atoms with Crippen LogP contribution in [0.2, 0.25) is 0 Å². The van der Waals surface area contributed by atoms with E-state index in [-0.39, 0.29) is 0 Å². The molecule has 1 atom stereocenters. The van der Waals surface area contributed by atoms with Gasteiger partial charge in [-0.05, 0) is 12.8 Å². The maximum Gasteiger partial charge on any atom is 0.218 e. The molecule has 1 aromatic heterocycles. The van der Waals surface area contributed by atoms with Crippen molar-refractivity contribution >= 4 is 5.82 Å². The number of piperazine rings is 1. The molecule has 2 fully saturated rings. The normalized spacial score (nSPS) is 24.1. The maximum absolute atomic E-state index is 5.71. The monoisotopic (exact) mass is 278 g/mol. The van der Waals surface area contributed by atoms with Gasteiger partial charge in [-0.25, -0.2) is 9.97 Å². The molecule has 2 aliphatic heterocycles. The van der Waals surface area contributed by atoms with E-state index < -0.39 is 0 Å². The zero-order valence-corrected chi connectivity index (χ0v) is 12.0. The molecule has 0 bridgehead atoms. The number of aromatic nitrogens is 2. The van der Waals surface area contributed by atoms with Crippen molar-refractivity contribution in [2.24, 2.45) is 0 Å². The minimum absolute atomic E-state index is 0.445. The van der Waals surface area contributed by atoms with Crippen LogP contribution in [0.15, 0.2) is 12.4 Å². The highest BCUT2D eigenvalue weighted by atomic mass is 16.5. The van der Waals surface area contributed by atoms with Gasteiger partial charge in [0.25, 0.3) is 0 Å². The molecule has 2 aliphatic rings. The Kier molecular flexibility index (Phi) is 4.32. The topological polar surface area (TPSA) is 50.7 Å². The summed E-state index contributed by atoms with van der Waals surface area (Å²) in [5, 5.41) is 0. The minimum Gasteiger partial charge on any atom is -0.481 e. The average Bonchev–Trinajstić information content (AvgIpc) is 3.01. The molecule has 0 saturated carbocycles. The number of anilines is 1. The van der Waals surface area contributed by atoms with Gasteiger partial charge in [-0.2, -0.15) is 0 Å². The van der Waals surface area contributed by atoms with Gasteiger partial charge in [0.2, 0.25) is 5.88 Å². The summed E-state index contributed by atoms with van der Waals surface area (Å²) in [5.41, 5.74) is 0. The number of ether oxygens (including phenoxy) is 2. The fourth-order valence-corrected chi connectivity index (χ4v) is 2.85. The van der Waals surface area contributed by atoms with E-state index in [1.54, 1.807) is 13.4 Å². The summed E-state index contributed by atoms with van der Waals surface area (Å²) in [6.07, 6.45) is 4.43. The highest BCUT2D eigenvalue weighted by Gasteiger charge is 2.23. The molecule has 20 heavy (non-hydrogen) atoms. The highest BCUT2D eigenvalue weighted by molar-refractivity contribution is 5.41. The largest absolute Gasteiger partial charge is 0.481 e. The summed E-state index contributed by atoms with van der Waals surface area (Å²) < 4.78 is 10.9. The van der Waals surface area contributed by atoms with Crippen molar-refractivity contribution in [1.29, 1.82) is 0 Å². The molecule has 1 unspecified atom stereocenters. The van der Waals surface area contributed by atoms with E-state index in [4.69, 9.17) is 9.47 Å². The molecule has 3 rings (SSSR count). The van der Waals surface area contributed by atoms with Crippen LogP contribution in [-0.2, 0) is 4.74 Å².